The average Bonchev–Trinajstić information content (AvgIpc) is 3.07. The van der Waals surface area contributed by atoms with Crippen molar-refractivity contribution in [2.45, 2.75) is 58.4 Å². The van der Waals surface area contributed by atoms with E-state index in [9.17, 15) is 9.90 Å². The molecule has 0 bridgehead atoms. The molecule has 6 heteroatoms. The molecule has 1 aliphatic rings. The average molecular weight is 325 g/mol. The fraction of sp³-hybridized carbons (Fsp3) is 0.750. The summed E-state index contributed by atoms with van der Waals surface area (Å²) in [6.07, 6.45) is 3.71. The van der Waals surface area contributed by atoms with Crippen LogP contribution >= 0.6 is 11.3 Å². The summed E-state index contributed by atoms with van der Waals surface area (Å²) in [6.45, 7) is 7.00. The number of carbonyl (C=O) groups is 1. The van der Waals surface area contributed by atoms with Gasteiger partial charge in [-0.2, -0.15) is 0 Å². The van der Waals surface area contributed by atoms with Crippen LogP contribution in [-0.2, 0) is 6.42 Å². The van der Waals surface area contributed by atoms with Gasteiger partial charge in [-0.15, -0.1) is 11.3 Å². The number of hydrogen-bond donors (Lipinski definition) is 3. The first-order valence-corrected chi connectivity index (χ1v) is 8.92. The Bertz CT molecular complexity index is 503. The summed E-state index contributed by atoms with van der Waals surface area (Å²) < 4.78 is 0. The Labute approximate surface area is 136 Å². The van der Waals surface area contributed by atoms with Crippen LogP contribution in [0.5, 0.6) is 0 Å². The number of rotatable bonds is 6. The number of aliphatic hydroxyl groups excluding tert-OH is 1. The standard InChI is InChI=1S/C16H27N3O2S/c1-11(2)14-18-12(9-22-14)6-8-17-15(21)19-13-5-4-7-16(13,3)10-20/h9,11,13,20H,4-8,10H2,1-3H3,(H2,17,19,21). The highest BCUT2D eigenvalue weighted by molar-refractivity contribution is 7.09. The number of aromatic nitrogens is 1. The Balaban J connectivity index is 1.73. The smallest absolute Gasteiger partial charge is 0.315 e. The molecule has 2 atom stereocenters. The molecule has 1 fully saturated rings. The maximum atomic E-state index is 12.0. The molecule has 0 aromatic carbocycles. The summed E-state index contributed by atoms with van der Waals surface area (Å²) in [5.41, 5.74) is 0.855. The Morgan fingerprint density at radius 3 is 3.00 bits per heavy atom. The van der Waals surface area contributed by atoms with Crippen molar-refractivity contribution in [1.29, 1.82) is 0 Å². The van der Waals surface area contributed by atoms with E-state index in [-0.39, 0.29) is 24.1 Å². The van der Waals surface area contributed by atoms with Crippen LogP contribution in [0, 0.1) is 5.41 Å². The third kappa shape index (κ3) is 4.20. The second-order valence-corrected chi connectivity index (χ2v) is 7.63. The van der Waals surface area contributed by atoms with E-state index in [1.165, 1.54) is 0 Å². The van der Waals surface area contributed by atoms with Gasteiger partial charge in [0.05, 0.1) is 17.3 Å². The van der Waals surface area contributed by atoms with Crippen LogP contribution in [0.25, 0.3) is 0 Å². The summed E-state index contributed by atoms with van der Waals surface area (Å²) in [7, 11) is 0. The molecule has 1 aromatic rings. The van der Waals surface area contributed by atoms with Crippen molar-refractivity contribution < 1.29 is 9.90 Å². The molecule has 2 rings (SSSR count). The van der Waals surface area contributed by atoms with Crippen molar-refractivity contribution in [1.82, 2.24) is 15.6 Å². The summed E-state index contributed by atoms with van der Waals surface area (Å²) in [6, 6.07) is -0.0878. The Hall–Kier alpha value is -1.14. The van der Waals surface area contributed by atoms with Gasteiger partial charge in [0.2, 0.25) is 0 Å². The zero-order valence-electron chi connectivity index (χ0n) is 13.7. The summed E-state index contributed by atoms with van der Waals surface area (Å²) in [5, 5.41) is 18.6. The highest BCUT2D eigenvalue weighted by Gasteiger charge is 2.38. The minimum atomic E-state index is -0.182. The number of aliphatic hydroxyl groups is 1. The van der Waals surface area contributed by atoms with Crippen molar-refractivity contribution in [2.24, 2.45) is 5.41 Å². The zero-order valence-corrected chi connectivity index (χ0v) is 14.5. The molecule has 2 unspecified atom stereocenters. The lowest BCUT2D eigenvalue weighted by molar-refractivity contribution is 0.121. The molecule has 1 heterocycles. The quantitative estimate of drug-likeness (QED) is 0.753. The second-order valence-electron chi connectivity index (χ2n) is 6.74. The first-order chi connectivity index (χ1) is 10.4. The molecule has 1 saturated carbocycles. The number of thiazole rings is 1. The largest absolute Gasteiger partial charge is 0.396 e. The monoisotopic (exact) mass is 325 g/mol. The van der Waals surface area contributed by atoms with E-state index in [1.54, 1.807) is 11.3 Å². The van der Waals surface area contributed by atoms with Crippen LogP contribution in [0.3, 0.4) is 0 Å². The van der Waals surface area contributed by atoms with E-state index in [0.717, 1.165) is 36.4 Å². The molecule has 0 aliphatic heterocycles. The summed E-state index contributed by atoms with van der Waals surface area (Å²) in [5.74, 6) is 0.452. The summed E-state index contributed by atoms with van der Waals surface area (Å²) >= 11 is 1.68. The van der Waals surface area contributed by atoms with E-state index < -0.39 is 0 Å². The number of nitrogens with one attached hydrogen (secondary N) is 2. The van der Waals surface area contributed by atoms with Crippen LogP contribution in [-0.4, -0.2) is 35.3 Å². The third-order valence-electron chi connectivity index (χ3n) is 4.48. The molecule has 124 valence electrons. The lowest BCUT2D eigenvalue weighted by atomic mass is 9.86. The lowest BCUT2D eigenvalue weighted by Crippen LogP contribution is -2.48. The number of urea groups is 1. The maximum Gasteiger partial charge on any atom is 0.315 e. The van der Waals surface area contributed by atoms with Gasteiger partial charge in [0.15, 0.2) is 0 Å². The van der Waals surface area contributed by atoms with E-state index >= 15 is 0 Å². The highest BCUT2D eigenvalue weighted by Crippen LogP contribution is 2.37. The first-order valence-electron chi connectivity index (χ1n) is 8.04. The van der Waals surface area contributed by atoms with Gasteiger partial charge in [0.1, 0.15) is 0 Å². The number of amides is 2. The number of hydrogen-bond acceptors (Lipinski definition) is 4. The normalized spacial score (nSPS) is 24.7. The molecule has 2 amide bonds. The fourth-order valence-electron chi connectivity index (χ4n) is 2.88. The van der Waals surface area contributed by atoms with Crippen LogP contribution in [0.2, 0.25) is 0 Å². The van der Waals surface area contributed by atoms with Crippen molar-refractivity contribution in [3.8, 4) is 0 Å². The molecular formula is C16H27N3O2S. The van der Waals surface area contributed by atoms with Crippen molar-refractivity contribution in [2.75, 3.05) is 13.2 Å². The summed E-state index contributed by atoms with van der Waals surface area (Å²) in [4.78, 5) is 16.5. The zero-order chi connectivity index (χ0) is 16.2. The van der Waals surface area contributed by atoms with Crippen molar-refractivity contribution >= 4 is 17.4 Å². The Morgan fingerprint density at radius 1 is 1.59 bits per heavy atom. The Morgan fingerprint density at radius 2 is 2.36 bits per heavy atom. The van der Waals surface area contributed by atoms with Gasteiger partial charge in [0, 0.05) is 35.7 Å². The minimum Gasteiger partial charge on any atom is -0.396 e. The van der Waals surface area contributed by atoms with Crippen LogP contribution in [0.4, 0.5) is 4.79 Å². The molecule has 0 radical (unpaired) electrons. The predicted molar refractivity (Wildman–Crippen MR) is 89.3 cm³/mol. The SMILES string of the molecule is CC(C)c1nc(CCNC(=O)NC2CCCC2(C)CO)cs1. The van der Waals surface area contributed by atoms with Gasteiger partial charge >= 0.3 is 6.03 Å². The molecule has 5 nitrogen and oxygen atoms in total. The maximum absolute atomic E-state index is 12.0. The number of carbonyl (C=O) groups excluding carboxylic acids is 1. The van der Waals surface area contributed by atoms with Gasteiger partial charge < -0.3 is 15.7 Å². The van der Waals surface area contributed by atoms with Gasteiger partial charge in [-0.05, 0) is 12.8 Å². The van der Waals surface area contributed by atoms with E-state index in [1.807, 2.05) is 6.92 Å². The van der Waals surface area contributed by atoms with Gasteiger partial charge in [-0.25, -0.2) is 9.78 Å². The predicted octanol–water partition coefficient (Wildman–Crippen LogP) is 2.66. The molecule has 3 N–H and O–H groups in total. The molecule has 0 saturated heterocycles. The Kier molecular flexibility index (Phi) is 5.81. The van der Waals surface area contributed by atoms with E-state index in [4.69, 9.17) is 0 Å². The van der Waals surface area contributed by atoms with Crippen LogP contribution in [0.15, 0.2) is 5.38 Å². The van der Waals surface area contributed by atoms with Crippen LogP contribution in [0.1, 0.15) is 56.7 Å². The van der Waals surface area contributed by atoms with E-state index in [0.29, 0.717) is 12.5 Å². The highest BCUT2D eigenvalue weighted by atomic mass is 32.1. The first kappa shape index (κ1) is 17.2. The van der Waals surface area contributed by atoms with Gasteiger partial charge in [0.25, 0.3) is 0 Å². The van der Waals surface area contributed by atoms with Crippen LogP contribution < -0.4 is 10.6 Å². The topological polar surface area (TPSA) is 74.2 Å². The fourth-order valence-corrected chi connectivity index (χ4v) is 3.75. The molecule has 1 aromatic heterocycles. The molecule has 22 heavy (non-hydrogen) atoms. The van der Waals surface area contributed by atoms with Crippen molar-refractivity contribution in [3.63, 3.8) is 0 Å². The molecular weight excluding hydrogens is 298 g/mol. The van der Waals surface area contributed by atoms with Gasteiger partial charge in [-0.3, -0.25) is 0 Å². The van der Waals surface area contributed by atoms with Crippen molar-refractivity contribution in [3.05, 3.63) is 16.1 Å². The minimum absolute atomic E-state index is 0.0596. The molecule has 0 spiro atoms. The van der Waals surface area contributed by atoms with E-state index in [2.05, 4.69) is 34.8 Å². The third-order valence-corrected chi connectivity index (χ3v) is 5.67. The number of nitrogens with zero attached hydrogens (tertiary/aromatic N) is 1. The lowest BCUT2D eigenvalue weighted by Gasteiger charge is -2.30. The van der Waals surface area contributed by atoms with Gasteiger partial charge in [-0.1, -0.05) is 27.2 Å². The second kappa shape index (κ2) is 7.42. The molecule has 1 aliphatic carbocycles.